The van der Waals surface area contributed by atoms with Gasteiger partial charge >= 0.3 is 0 Å². The number of nitro groups is 1. The summed E-state index contributed by atoms with van der Waals surface area (Å²) in [4.78, 5) is 17.6. The van der Waals surface area contributed by atoms with Crippen LogP contribution in [-0.4, -0.2) is 23.3 Å². The van der Waals surface area contributed by atoms with E-state index >= 15 is 0 Å². The van der Waals surface area contributed by atoms with Crippen LogP contribution in [0, 0.1) is 17.0 Å². The highest BCUT2D eigenvalue weighted by Gasteiger charge is 2.18. The Balaban J connectivity index is 0.00000272. The highest BCUT2D eigenvalue weighted by Crippen LogP contribution is 2.30. The van der Waals surface area contributed by atoms with Gasteiger partial charge in [-0.2, -0.15) is 0 Å². The number of hydrogen-bond donors (Lipinski definition) is 2. The van der Waals surface area contributed by atoms with Crippen molar-refractivity contribution in [3.8, 4) is 11.1 Å². The Labute approximate surface area is 180 Å². The van der Waals surface area contributed by atoms with Crippen LogP contribution in [0.1, 0.15) is 18.6 Å². The van der Waals surface area contributed by atoms with Gasteiger partial charge in [-0.3, -0.25) is 10.1 Å². The molecule has 31 heavy (non-hydrogen) atoms. The summed E-state index contributed by atoms with van der Waals surface area (Å²) in [6, 6.07) is 14.7. The minimum atomic E-state index is -3.84. The number of aromatic nitrogens is 2. The number of aryl methyl sites for hydroxylation is 1. The van der Waals surface area contributed by atoms with Crippen molar-refractivity contribution in [1.82, 2.24) is 14.7 Å². The summed E-state index contributed by atoms with van der Waals surface area (Å²) >= 11 is 0. The van der Waals surface area contributed by atoms with E-state index < -0.39 is 14.9 Å². The molecule has 2 aromatic carbocycles. The third kappa shape index (κ3) is 4.47. The zero-order chi connectivity index (χ0) is 21.3. The molecule has 2 heterocycles. The second kappa shape index (κ2) is 8.66. The van der Waals surface area contributed by atoms with Crippen LogP contribution in [-0.2, 0) is 16.6 Å². The van der Waals surface area contributed by atoms with Crippen molar-refractivity contribution < 1.29 is 13.3 Å². The van der Waals surface area contributed by atoms with Crippen molar-refractivity contribution in [3.63, 3.8) is 0 Å². The Morgan fingerprint density at radius 3 is 2.55 bits per heavy atom. The fourth-order valence-corrected chi connectivity index (χ4v) is 4.33. The summed E-state index contributed by atoms with van der Waals surface area (Å²) in [6.45, 7) is 2.06. The quantitative estimate of drug-likeness (QED) is 0.338. The van der Waals surface area contributed by atoms with Crippen molar-refractivity contribution >= 4 is 26.7 Å². The Bertz CT molecular complexity index is 1350. The maximum atomic E-state index is 12.6. The number of pyridine rings is 1. The van der Waals surface area contributed by atoms with Crippen molar-refractivity contribution in [2.45, 2.75) is 25.8 Å². The first-order valence-electron chi connectivity index (χ1n) is 9.11. The lowest BCUT2D eigenvalue weighted by atomic mass is 10.00. The molecule has 0 fully saturated rings. The summed E-state index contributed by atoms with van der Waals surface area (Å²) in [5, 5.41) is 11.6. The lowest BCUT2D eigenvalue weighted by Gasteiger charge is -2.09. The highest BCUT2D eigenvalue weighted by molar-refractivity contribution is 7.89. The number of nitro benzene ring substituents is 1. The number of H-pyrrole nitrogens is 1. The molecule has 0 aliphatic carbocycles. The molecule has 4 rings (SSSR count). The monoisotopic (exact) mass is 438 g/mol. The molecule has 0 aliphatic rings. The number of fused-ring (bicyclic) bond motifs is 1. The molecule has 0 radical (unpaired) electrons. The lowest BCUT2D eigenvalue weighted by molar-refractivity contribution is -0.384. The standard InChI is InChI=1S/C21H18N4O4S.CH4/c1-14-3-2-4-15(11-14)19-9-10-22-21-20(19)16(12-23-21)13-24-30(28,29)18-7-5-17(6-8-18)25(26)27;/h2-12,24H,13H2,1H3,(H,22,23);1H4. The normalized spacial score (nSPS) is 11.3. The lowest BCUT2D eigenvalue weighted by Crippen LogP contribution is -2.23. The van der Waals surface area contributed by atoms with Gasteiger partial charge in [0.2, 0.25) is 10.0 Å². The minimum absolute atomic E-state index is 0. The molecule has 9 heteroatoms. The van der Waals surface area contributed by atoms with Gasteiger partial charge in [-0.25, -0.2) is 18.1 Å². The smallest absolute Gasteiger partial charge is 0.269 e. The first kappa shape index (κ1) is 22.1. The molecule has 0 amide bonds. The average molecular weight is 439 g/mol. The van der Waals surface area contributed by atoms with E-state index in [1.54, 1.807) is 12.4 Å². The van der Waals surface area contributed by atoms with E-state index in [1.165, 1.54) is 24.3 Å². The van der Waals surface area contributed by atoms with Crippen LogP contribution in [0.2, 0.25) is 0 Å². The van der Waals surface area contributed by atoms with E-state index in [1.807, 2.05) is 31.2 Å². The van der Waals surface area contributed by atoms with E-state index in [0.29, 0.717) is 5.65 Å². The number of nitrogens with zero attached hydrogens (tertiary/aromatic N) is 2. The van der Waals surface area contributed by atoms with Crippen LogP contribution in [0.15, 0.2) is 71.9 Å². The molecule has 0 bridgehead atoms. The Morgan fingerprint density at radius 2 is 1.87 bits per heavy atom. The number of hydrogen-bond acceptors (Lipinski definition) is 5. The van der Waals surface area contributed by atoms with Gasteiger partial charge in [0.25, 0.3) is 5.69 Å². The van der Waals surface area contributed by atoms with Gasteiger partial charge in [0.1, 0.15) is 5.65 Å². The van der Waals surface area contributed by atoms with Crippen molar-refractivity contribution in [3.05, 3.63) is 88.2 Å². The second-order valence-electron chi connectivity index (χ2n) is 6.84. The predicted molar refractivity (Wildman–Crippen MR) is 120 cm³/mol. The van der Waals surface area contributed by atoms with Gasteiger partial charge in [0.05, 0.1) is 9.82 Å². The number of rotatable bonds is 6. The fraction of sp³-hybridized carbons (Fsp3) is 0.136. The molecule has 8 nitrogen and oxygen atoms in total. The van der Waals surface area contributed by atoms with Crippen LogP contribution >= 0.6 is 0 Å². The first-order valence-corrected chi connectivity index (χ1v) is 10.6. The number of aromatic amines is 1. The van der Waals surface area contributed by atoms with Gasteiger partial charge in [-0.05, 0) is 41.8 Å². The average Bonchev–Trinajstić information content (AvgIpc) is 3.16. The van der Waals surface area contributed by atoms with Gasteiger partial charge in [0, 0.05) is 36.5 Å². The van der Waals surface area contributed by atoms with E-state index in [-0.39, 0.29) is 24.6 Å². The van der Waals surface area contributed by atoms with Crippen LogP contribution in [0.25, 0.3) is 22.2 Å². The van der Waals surface area contributed by atoms with Crippen molar-refractivity contribution in [2.75, 3.05) is 0 Å². The molecule has 0 saturated carbocycles. The molecule has 2 N–H and O–H groups in total. The predicted octanol–water partition coefficient (Wildman–Crippen LogP) is 4.56. The maximum absolute atomic E-state index is 12.6. The van der Waals surface area contributed by atoms with Crippen molar-refractivity contribution in [1.29, 1.82) is 0 Å². The fourth-order valence-electron chi connectivity index (χ4n) is 3.32. The van der Waals surface area contributed by atoms with E-state index in [4.69, 9.17) is 0 Å². The summed E-state index contributed by atoms with van der Waals surface area (Å²) in [5.41, 5.74) is 4.34. The number of benzene rings is 2. The zero-order valence-electron chi connectivity index (χ0n) is 16.0. The number of nitrogens with one attached hydrogen (secondary N) is 2. The van der Waals surface area contributed by atoms with E-state index in [9.17, 15) is 18.5 Å². The van der Waals surface area contributed by atoms with Gasteiger partial charge in [0.15, 0.2) is 0 Å². The molecule has 2 aromatic heterocycles. The summed E-state index contributed by atoms with van der Waals surface area (Å²) < 4.78 is 27.8. The highest BCUT2D eigenvalue weighted by atomic mass is 32.2. The molecule has 0 saturated heterocycles. The summed E-state index contributed by atoms with van der Waals surface area (Å²) in [5.74, 6) is 0. The topological polar surface area (TPSA) is 118 Å². The van der Waals surface area contributed by atoms with Crippen LogP contribution < -0.4 is 4.72 Å². The van der Waals surface area contributed by atoms with E-state index in [0.717, 1.165) is 27.6 Å². The van der Waals surface area contributed by atoms with Crippen LogP contribution in [0.5, 0.6) is 0 Å². The molecular formula is C22H22N4O4S. The molecule has 0 spiro atoms. The first-order chi connectivity index (χ1) is 14.3. The Morgan fingerprint density at radius 1 is 1.13 bits per heavy atom. The van der Waals surface area contributed by atoms with Crippen molar-refractivity contribution in [2.24, 2.45) is 0 Å². The molecule has 160 valence electrons. The summed E-state index contributed by atoms with van der Waals surface area (Å²) in [7, 11) is -3.84. The third-order valence-electron chi connectivity index (χ3n) is 4.79. The number of non-ortho nitro benzene ring substituents is 1. The minimum Gasteiger partial charge on any atom is -0.346 e. The largest absolute Gasteiger partial charge is 0.346 e. The molecule has 0 atom stereocenters. The Kier molecular flexibility index (Phi) is 6.19. The maximum Gasteiger partial charge on any atom is 0.269 e. The van der Waals surface area contributed by atoms with Gasteiger partial charge in [-0.1, -0.05) is 37.3 Å². The zero-order valence-corrected chi connectivity index (χ0v) is 16.8. The van der Waals surface area contributed by atoms with E-state index in [2.05, 4.69) is 20.8 Å². The molecule has 0 unspecified atom stereocenters. The summed E-state index contributed by atoms with van der Waals surface area (Å²) in [6.07, 6.45) is 3.44. The molecule has 4 aromatic rings. The van der Waals surface area contributed by atoms with Gasteiger partial charge < -0.3 is 4.98 Å². The number of sulfonamides is 1. The SMILES string of the molecule is C.Cc1cccc(-c2ccnc3[nH]cc(CNS(=O)(=O)c4ccc([N+](=O)[O-])cc4)c23)c1. The Hall–Kier alpha value is -3.56. The van der Waals surface area contributed by atoms with Gasteiger partial charge in [-0.15, -0.1) is 0 Å². The molecule has 0 aliphatic heterocycles. The third-order valence-corrected chi connectivity index (χ3v) is 6.21. The second-order valence-corrected chi connectivity index (χ2v) is 8.61. The van der Waals surface area contributed by atoms with Crippen LogP contribution in [0.4, 0.5) is 5.69 Å². The molecular weight excluding hydrogens is 416 g/mol. The van der Waals surface area contributed by atoms with Crippen LogP contribution in [0.3, 0.4) is 0 Å².